The first-order chi connectivity index (χ1) is 7.19. The van der Waals surface area contributed by atoms with Gasteiger partial charge in [-0.1, -0.05) is 20.3 Å². The maximum absolute atomic E-state index is 12.0. The lowest BCUT2D eigenvalue weighted by molar-refractivity contribution is -0.127. The predicted molar refractivity (Wildman–Crippen MR) is 59.6 cm³/mol. The molecule has 5 heteroatoms. The first-order valence-electron chi connectivity index (χ1n) is 5.67. The van der Waals surface area contributed by atoms with Gasteiger partial charge in [0, 0.05) is 11.8 Å². The van der Waals surface area contributed by atoms with Crippen LogP contribution in [0.15, 0.2) is 0 Å². The smallest absolute Gasteiger partial charge is 0.265 e. The van der Waals surface area contributed by atoms with E-state index in [4.69, 9.17) is 4.55 Å². The van der Waals surface area contributed by atoms with Gasteiger partial charge in [-0.2, -0.15) is 8.42 Å². The van der Waals surface area contributed by atoms with Gasteiger partial charge in [0.05, 0.1) is 5.75 Å². The zero-order valence-corrected chi connectivity index (χ0v) is 10.5. The Morgan fingerprint density at radius 1 is 1.44 bits per heavy atom. The number of fused-ring (bicyclic) bond motifs is 1. The average Bonchev–Trinajstić information content (AvgIpc) is 2.52. The minimum atomic E-state index is -4.10. The van der Waals surface area contributed by atoms with Gasteiger partial charge in [-0.25, -0.2) is 0 Å². The average molecular weight is 246 g/mol. The van der Waals surface area contributed by atoms with Gasteiger partial charge in [0.15, 0.2) is 0 Å². The number of Topliss-reactive ketones (excluding diaryl/α,β-unsaturated/α-hetero) is 1. The van der Waals surface area contributed by atoms with Crippen molar-refractivity contribution in [1.82, 2.24) is 0 Å². The van der Waals surface area contributed by atoms with Gasteiger partial charge in [0.1, 0.15) is 5.78 Å². The summed E-state index contributed by atoms with van der Waals surface area (Å²) in [7, 11) is -4.10. The van der Waals surface area contributed by atoms with Crippen molar-refractivity contribution in [3.8, 4) is 0 Å². The highest BCUT2D eigenvalue weighted by molar-refractivity contribution is 7.85. The van der Waals surface area contributed by atoms with E-state index in [1.807, 2.05) is 6.92 Å². The van der Waals surface area contributed by atoms with Crippen LogP contribution in [0.3, 0.4) is 0 Å². The highest BCUT2D eigenvalue weighted by Gasteiger charge is 2.62. The van der Waals surface area contributed by atoms with Gasteiger partial charge in [0.2, 0.25) is 0 Å². The van der Waals surface area contributed by atoms with Crippen molar-refractivity contribution in [3.63, 3.8) is 0 Å². The minimum Gasteiger partial charge on any atom is -0.299 e. The van der Waals surface area contributed by atoms with Crippen LogP contribution < -0.4 is 0 Å². The molecule has 0 aromatic carbocycles. The largest absolute Gasteiger partial charge is 0.299 e. The molecule has 0 amide bonds. The quantitative estimate of drug-likeness (QED) is 0.752. The molecule has 0 aromatic heterocycles. The van der Waals surface area contributed by atoms with E-state index in [1.54, 1.807) is 6.92 Å². The third-order valence-electron chi connectivity index (χ3n) is 4.93. The zero-order chi connectivity index (χ0) is 12.2. The summed E-state index contributed by atoms with van der Waals surface area (Å²) in [6, 6.07) is 0. The lowest BCUT2D eigenvalue weighted by atomic mass is 9.66. The normalized spacial score (nSPS) is 43.7. The number of ketones is 1. The molecule has 3 unspecified atom stereocenters. The molecule has 4 nitrogen and oxygen atoms in total. The molecule has 0 saturated heterocycles. The Kier molecular flexibility index (Phi) is 2.48. The van der Waals surface area contributed by atoms with Crippen LogP contribution in [0.5, 0.6) is 0 Å². The van der Waals surface area contributed by atoms with Crippen molar-refractivity contribution in [1.29, 1.82) is 0 Å². The number of carbonyl (C=O) groups excluding carboxylic acids is 1. The van der Waals surface area contributed by atoms with Crippen LogP contribution in [-0.2, 0) is 14.9 Å². The molecule has 2 rings (SSSR count). The molecule has 2 saturated carbocycles. The molecule has 0 aromatic rings. The van der Waals surface area contributed by atoms with E-state index in [0.717, 1.165) is 19.3 Å². The van der Waals surface area contributed by atoms with Gasteiger partial charge in [0.25, 0.3) is 10.1 Å². The van der Waals surface area contributed by atoms with Crippen molar-refractivity contribution in [2.24, 2.45) is 16.7 Å². The van der Waals surface area contributed by atoms with E-state index in [0.29, 0.717) is 12.3 Å². The summed E-state index contributed by atoms with van der Waals surface area (Å²) in [4.78, 5) is 12.0. The fourth-order valence-electron chi connectivity index (χ4n) is 3.67. The second-order valence-electron chi connectivity index (χ2n) is 5.69. The lowest BCUT2D eigenvalue weighted by Gasteiger charge is -2.38. The summed E-state index contributed by atoms with van der Waals surface area (Å²) in [5, 5.41) is 0. The first-order valence-corrected chi connectivity index (χ1v) is 7.28. The Balaban J connectivity index is 2.41. The molecule has 0 aliphatic heterocycles. The van der Waals surface area contributed by atoms with Crippen LogP contribution >= 0.6 is 0 Å². The molecule has 0 radical (unpaired) electrons. The fourth-order valence-corrected chi connectivity index (χ4v) is 4.89. The van der Waals surface area contributed by atoms with Crippen molar-refractivity contribution in [2.75, 3.05) is 5.75 Å². The second kappa shape index (κ2) is 3.29. The molecular weight excluding hydrogens is 228 g/mol. The van der Waals surface area contributed by atoms with Crippen LogP contribution in [0, 0.1) is 16.7 Å². The zero-order valence-electron chi connectivity index (χ0n) is 9.69. The summed E-state index contributed by atoms with van der Waals surface area (Å²) >= 11 is 0. The van der Waals surface area contributed by atoms with Crippen molar-refractivity contribution < 1.29 is 17.8 Å². The Hall–Kier alpha value is -0.420. The van der Waals surface area contributed by atoms with Crippen LogP contribution in [0.1, 0.15) is 39.5 Å². The number of hydrogen-bond donors (Lipinski definition) is 1. The molecule has 0 bridgehead atoms. The summed E-state index contributed by atoms with van der Waals surface area (Å²) in [5.41, 5.74) is -1.15. The third kappa shape index (κ3) is 1.52. The summed E-state index contributed by atoms with van der Waals surface area (Å²) in [6.07, 6.45) is 3.41. The van der Waals surface area contributed by atoms with Crippen molar-refractivity contribution in [2.45, 2.75) is 39.5 Å². The van der Waals surface area contributed by atoms with Gasteiger partial charge in [-0.15, -0.1) is 0 Å². The van der Waals surface area contributed by atoms with Crippen LogP contribution in [0.4, 0.5) is 0 Å². The predicted octanol–water partition coefficient (Wildman–Crippen LogP) is 1.66. The maximum Gasteiger partial charge on any atom is 0.265 e. The lowest BCUT2D eigenvalue weighted by Crippen LogP contribution is -2.43. The molecule has 0 heterocycles. The monoisotopic (exact) mass is 246 g/mol. The van der Waals surface area contributed by atoms with Crippen LogP contribution in [0.2, 0.25) is 0 Å². The van der Waals surface area contributed by atoms with Crippen molar-refractivity contribution in [3.05, 3.63) is 0 Å². The van der Waals surface area contributed by atoms with Crippen LogP contribution in [-0.4, -0.2) is 24.5 Å². The Morgan fingerprint density at radius 2 is 2.06 bits per heavy atom. The molecule has 1 N–H and O–H groups in total. The number of carbonyl (C=O) groups is 1. The fraction of sp³-hybridized carbons (Fsp3) is 0.909. The summed E-state index contributed by atoms with van der Waals surface area (Å²) in [5.74, 6) is -0.129. The van der Waals surface area contributed by atoms with Crippen molar-refractivity contribution >= 4 is 15.9 Å². The van der Waals surface area contributed by atoms with E-state index < -0.39 is 21.3 Å². The summed E-state index contributed by atoms with van der Waals surface area (Å²) < 4.78 is 31.2. The molecule has 2 aliphatic rings. The molecule has 2 aliphatic carbocycles. The first kappa shape index (κ1) is 12.0. The van der Waals surface area contributed by atoms with Gasteiger partial charge >= 0.3 is 0 Å². The number of hydrogen-bond acceptors (Lipinski definition) is 3. The SMILES string of the molecule is CC1(CS(=O)(=O)O)C(=O)CC2CCCC21C. The third-order valence-corrected chi connectivity index (χ3v) is 5.87. The van der Waals surface area contributed by atoms with Crippen LogP contribution in [0.25, 0.3) is 0 Å². The molecule has 0 spiro atoms. The van der Waals surface area contributed by atoms with E-state index in [2.05, 4.69) is 0 Å². The van der Waals surface area contributed by atoms with E-state index >= 15 is 0 Å². The molecule has 3 atom stereocenters. The highest BCUT2D eigenvalue weighted by Crippen LogP contribution is 2.62. The second-order valence-corrected chi connectivity index (χ2v) is 7.14. The maximum atomic E-state index is 12.0. The molecule has 2 fully saturated rings. The standard InChI is InChI=1S/C11H18O4S/c1-10-5-3-4-8(10)6-9(12)11(10,2)7-16(13,14)15/h8H,3-7H2,1-2H3,(H,13,14,15). The minimum absolute atomic E-state index is 0.00248. The van der Waals surface area contributed by atoms with Gasteiger partial charge < -0.3 is 0 Å². The summed E-state index contributed by atoms with van der Waals surface area (Å²) in [6.45, 7) is 3.70. The topological polar surface area (TPSA) is 71.4 Å². The highest BCUT2D eigenvalue weighted by atomic mass is 32.2. The van der Waals surface area contributed by atoms with E-state index in [-0.39, 0.29) is 11.2 Å². The Labute approximate surface area is 96.2 Å². The molecular formula is C11H18O4S. The number of rotatable bonds is 2. The Morgan fingerprint density at radius 3 is 2.62 bits per heavy atom. The van der Waals surface area contributed by atoms with E-state index in [1.165, 1.54) is 0 Å². The molecule has 16 heavy (non-hydrogen) atoms. The van der Waals surface area contributed by atoms with Gasteiger partial charge in [-0.05, 0) is 24.2 Å². The molecule has 92 valence electrons. The van der Waals surface area contributed by atoms with Gasteiger partial charge in [-0.3, -0.25) is 9.35 Å². The Bertz CT molecular complexity index is 427. The van der Waals surface area contributed by atoms with E-state index in [9.17, 15) is 13.2 Å².